The van der Waals surface area contributed by atoms with Crippen LogP contribution in [0.25, 0.3) is 0 Å². The van der Waals surface area contributed by atoms with Crippen molar-refractivity contribution in [2.75, 3.05) is 0 Å². The van der Waals surface area contributed by atoms with E-state index in [1.165, 1.54) is 12.0 Å². The average molecular weight is 220 g/mol. The Labute approximate surface area is 99.8 Å². The van der Waals surface area contributed by atoms with Crippen LogP contribution in [0.2, 0.25) is 0 Å². The molecule has 0 aliphatic rings. The average Bonchev–Trinajstić information content (AvgIpc) is 2.28. The molecule has 0 aliphatic carbocycles. The second kappa shape index (κ2) is 5.38. The first-order valence-corrected chi connectivity index (χ1v) is 6.27. The Kier molecular flexibility index (Phi) is 4.40. The Morgan fingerprint density at radius 3 is 2.50 bits per heavy atom. The van der Waals surface area contributed by atoms with Gasteiger partial charge in [0.2, 0.25) is 0 Å². The Hall–Kier alpha value is -0.980. The minimum Gasteiger partial charge on any atom is -0.488 e. The van der Waals surface area contributed by atoms with Gasteiger partial charge in [-0.2, -0.15) is 0 Å². The largest absolute Gasteiger partial charge is 0.488 e. The number of rotatable bonds is 5. The van der Waals surface area contributed by atoms with Crippen molar-refractivity contribution in [3.8, 4) is 5.75 Å². The van der Waals surface area contributed by atoms with Crippen molar-refractivity contribution in [3.63, 3.8) is 0 Å². The molecule has 90 valence electrons. The summed E-state index contributed by atoms with van der Waals surface area (Å²) < 4.78 is 5.99. The molecule has 0 saturated heterocycles. The van der Waals surface area contributed by atoms with Crippen molar-refractivity contribution in [1.82, 2.24) is 0 Å². The molecule has 16 heavy (non-hydrogen) atoms. The lowest BCUT2D eigenvalue weighted by molar-refractivity contribution is 0.105. The van der Waals surface area contributed by atoms with Gasteiger partial charge in [-0.15, -0.1) is 0 Å². The van der Waals surface area contributed by atoms with Crippen molar-refractivity contribution in [3.05, 3.63) is 29.8 Å². The molecule has 0 heterocycles. The highest BCUT2D eigenvalue weighted by molar-refractivity contribution is 5.31. The quantitative estimate of drug-likeness (QED) is 0.694. The van der Waals surface area contributed by atoms with E-state index in [0.29, 0.717) is 5.92 Å². The molecular weight excluding hydrogens is 196 g/mol. The molecule has 1 rings (SSSR count). The molecule has 0 spiro atoms. The highest BCUT2D eigenvalue weighted by Crippen LogP contribution is 2.26. The number of hydrogen-bond acceptors (Lipinski definition) is 1. The predicted octanol–water partition coefficient (Wildman–Crippen LogP) is 4.77. The maximum Gasteiger partial charge on any atom is 0.120 e. The van der Waals surface area contributed by atoms with Crippen LogP contribution in [0.3, 0.4) is 0 Å². The maximum absolute atomic E-state index is 5.99. The van der Waals surface area contributed by atoms with E-state index in [1.807, 2.05) is 6.07 Å². The lowest BCUT2D eigenvalue weighted by Gasteiger charge is -2.25. The van der Waals surface area contributed by atoms with Gasteiger partial charge in [0, 0.05) is 0 Å². The molecule has 0 radical (unpaired) electrons. The molecule has 1 aromatic rings. The molecule has 1 atom stereocenters. The third-order valence-corrected chi connectivity index (χ3v) is 3.29. The molecule has 1 nitrogen and oxygen atoms in total. The van der Waals surface area contributed by atoms with E-state index in [1.54, 1.807) is 0 Å². The third kappa shape index (κ3) is 3.55. The number of ether oxygens (including phenoxy) is 1. The summed E-state index contributed by atoms with van der Waals surface area (Å²) in [6, 6.07) is 8.48. The zero-order chi connectivity index (χ0) is 12.2. The summed E-state index contributed by atoms with van der Waals surface area (Å²) in [5.74, 6) is 1.60. The van der Waals surface area contributed by atoms with Crippen LogP contribution in [0.15, 0.2) is 24.3 Å². The Morgan fingerprint density at radius 2 is 1.94 bits per heavy atom. The minimum atomic E-state index is -0.0753. The maximum atomic E-state index is 5.99. The minimum absolute atomic E-state index is 0.0753. The SMILES string of the molecule is CCC(C)c1cccc(OC(C)(C)CC)c1. The Bertz CT molecular complexity index is 328. The van der Waals surface area contributed by atoms with Crippen molar-refractivity contribution in [1.29, 1.82) is 0 Å². The van der Waals surface area contributed by atoms with Crippen LogP contribution in [0, 0.1) is 0 Å². The Morgan fingerprint density at radius 1 is 1.25 bits per heavy atom. The van der Waals surface area contributed by atoms with E-state index >= 15 is 0 Å². The van der Waals surface area contributed by atoms with E-state index in [2.05, 4.69) is 52.8 Å². The van der Waals surface area contributed by atoms with Gasteiger partial charge in [0.15, 0.2) is 0 Å². The standard InChI is InChI=1S/C15H24O/c1-6-12(3)13-9-8-10-14(11-13)16-15(4,5)7-2/h8-12H,6-7H2,1-5H3. The molecule has 0 bridgehead atoms. The van der Waals surface area contributed by atoms with E-state index in [9.17, 15) is 0 Å². The van der Waals surface area contributed by atoms with Gasteiger partial charge >= 0.3 is 0 Å². The first-order chi connectivity index (χ1) is 7.48. The van der Waals surface area contributed by atoms with Gasteiger partial charge in [0.25, 0.3) is 0 Å². The zero-order valence-corrected chi connectivity index (χ0v) is 11.2. The van der Waals surface area contributed by atoms with Gasteiger partial charge in [0.05, 0.1) is 0 Å². The van der Waals surface area contributed by atoms with Crippen LogP contribution in [0.5, 0.6) is 5.75 Å². The molecule has 0 amide bonds. The van der Waals surface area contributed by atoms with Gasteiger partial charge in [-0.1, -0.05) is 32.9 Å². The molecule has 0 N–H and O–H groups in total. The summed E-state index contributed by atoms with van der Waals surface area (Å²) in [5.41, 5.74) is 1.29. The van der Waals surface area contributed by atoms with E-state index < -0.39 is 0 Å². The second-order valence-corrected chi connectivity index (χ2v) is 5.10. The van der Waals surface area contributed by atoms with Crippen LogP contribution in [-0.2, 0) is 0 Å². The van der Waals surface area contributed by atoms with Crippen molar-refractivity contribution in [2.45, 2.75) is 59.0 Å². The highest BCUT2D eigenvalue weighted by Gasteiger charge is 2.17. The molecular formula is C15H24O. The van der Waals surface area contributed by atoms with Crippen LogP contribution in [0.1, 0.15) is 58.9 Å². The van der Waals surface area contributed by atoms with E-state index in [-0.39, 0.29) is 5.60 Å². The summed E-state index contributed by atoms with van der Waals surface area (Å²) in [4.78, 5) is 0. The van der Waals surface area contributed by atoms with Crippen LogP contribution in [0.4, 0.5) is 0 Å². The summed E-state index contributed by atoms with van der Waals surface area (Å²) in [6.45, 7) is 10.9. The highest BCUT2D eigenvalue weighted by atomic mass is 16.5. The normalized spacial score (nSPS) is 13.6. The van der Waals surface area contributed by atoms with Crippen molar-refractivity contribution >= 4 is 0 Å². The lowest BCUT2D eigenvalue weighted by atomic mass is 9.98. The van der Waals surface area contributed by atoms with E-state index in [4.69, 9.17) is 4.74 Å². The van der Waals surface area contributed by atoms with Gasteiger partial charge < -0.3 is 4.74 Å². The van der Waals surface area contributed by atoms with Crippen LogP contribution >= 0.6 is 0 Å². The molecule has 1 unspecified atom stereocenters. The zero-order valence-electron chi connectivity index (χ0n) is 11.2. The second-order valence-electron chi connectivity index (χ2n) is 5.10. The van der Waals surface area contributed by atoms with Crippen molar-refractivity contribution < 1.29 is 4.74 Å². The van der Waals surface area contributed by atoms with Gasteiger partial charge in [-0.05, 0) is 50.3 Å². The fraction of sp³-hybridized carbons (Fsp3) is 0.600. The Balaban J connectivity index is 2.82. The monoisotopic (exact) mass is 220 g/mol. The fourth-order valence-electron chi connectivity index (χ4n) is 1.51. The summed E-state index contributed by atoms with van der Waals surface area (Å²) in [6.07, 6.45) is 2.18. The number of hydrogen-bond donors (Lipinski definition) is 0. The van der Waals surface area contributed by atoms with Crippen LogP contribution in [-0.4, -0.2) is 5.60 Å². The predicted molar refractivity (Wildman–Crippen MR) is 70.1 cm³/mol. The van der Waals surface area contributed by atoms with E-state index in [0.717, 1.165) is 12.2 Å². The topological polar surface area (TPSA) is 9.23 Å². The molecule has 0 aromatic heterocycles. The molecule has 1 aromatic carbocycles. The number of benzene rings is 1. The summed E-state index contributed by atoms with van der Waals surface area (Å²) >= 11 is 0. The molecule has 0 fully saturated rings. The molecule has 0 saturated carbocycles. The van der Waals surface area contributed by atoms with Gasteiger partial charge in [-0.25, -0.2) is 0 Å². The van der Waals surface area contributed by atoms with Gasteiger partial charge in [-0.3, -0.25) is 0 Å². The fourth-order valence-corrected chi connectivity index (χ4v) is 1.51. The first-order valence-electron chi connectivity index (χ1n) is 6.27. The van der Waals surface area contributed by atoms with Crippen LogP contribution < -0.4 is 4.74 Å². The third-order valence-electron chi connectivity index (χ3n) is 3.29. The summed E-state index contributed by atoms with van der Waals surface area (Å²) in [7, 11) is 0. The smallest absolute Gasteiger partial charge is 0.120 e. The molecule has 0 aliphatic heterocycles. The molecule has 1 heteroatoms. The van der Waals surface area contributed by atoms with Crippen molar-refractivity contribution in [2.24, 2.45) is 0 Å². The summed E-state index contributed by atoms with van der Waals surface area (Å²) in [5, 5.41) is 0. The first kappa shape index (κ1) is 13.1. The lowest BCUT2D eigenvalue weighted by Crippen LogP contribution is -2.26. The van der Waals surface area contributed by atoms with Gasteiger partial charge in [0.1, 0.15) is 11.4 Å².